The normalized spacial score (nSPS) is 12.0. The first-order chi connectivity index (χ1) is 9.91. The van der Waals surface area contributed by atoms with Gasteiger partial charge < -0.3 is 16.4 Å². The first-order valence-electron chi connectivity index (χ1n) is 6.58. The van der Waals surface area contributed by atoms with Crippen LogP contribution in [-0.4, -0.2) is 13.0 Å². The number of halogens is 1. The minimum atomic E-state index is -0.582. The lowest BCUT2D eigenvalue weighted by Crippen LogP contribution is -2.23. The molecule has 1 unspecified atom stereocenters. The molecular weight excluding hydrogens is 269 g/mol. The third-order valence-corrected chi connectivity index (χ3v) is 3.65. The van der Waals surface area contributed by atoms with Crippen LogP contribution in [0.1, 0.15) is 28.9 Å². The lowest BCUT2D eigenvalue weighted by atomic mass is 10.0. The van der Waals surface area contributed by atoms with Gasteiger partial charge in [0.1, 0.15) is 5.82 Å². The number of nitrogens with zero attached hydrogens (tertiary/aromatic N) is 1. The lowest BCUT2D eigenvalue weighted by Gasteiger charge is -2.28. The zero-order valence-electron chi connectivity index (χ0n) is 12.0. The van der Waals surface area contributed by atoms with E-state index in [1.807, 2.05) is 18.9 Å². The van der Waals surface area contributed by atoms with Crippen LogP contribution in [0, 0.1) is 5.82 Å². The van der Waals surface area contributed by atoms with Crippen molar-refractivity contribution in [2.45, 2.75) is 13.0 Å². The molecule has 1 amide bonds. The summed E-state index contributed by atoms with van der Waals surface area (Å²) in [4.78, 5) is 13.2. The highest BCUT2D eigenvalue weighted by Gasteiger charge is 2.17. The largest absolute Gasteiger partial charge is 0.398 e. The van der Waals surface area contributed by atoms with E-state index >= 15 is 0 Å². The van der Waals surface area contributed by atoms with Gasteiger partial charge in [-0.05, 0) is 31.2 Å². The van der Waals surface area contributed by atoms with Crippen LogP contribution in [0.3, 0.4) is 0 Å². The monoisotopic (exact) mass is 287 g/mol. The number of nitrogen functional groups attached to an aromatic ring is 1. The Morgan fingerprint density at radius 2 is 1.90 bits per heavy atom. The van der Waals surface area contributed by atoms with Crippen molar-refractivity contribution < 1.29 is 9.18 Å². The summed E-state index contributed by atoms with van der Waals surface area (Å²) in [6.45, 7) is 1.89. The second-order valence-electron chi connectivity index (χ2n) is 4.94. The van der Waals surface area contributed by atoms with Gasteiger partial charge in [-0.3, -0.25) is 4.79 Å². The number of anilines is 2. The van der Waals surface area contributed by atoms with Crippen LogP contribution in [0.5, 0.6) is 0 Å². The van der Waals surface area contributed by atoms with E-state index in [9.17, 15) is 9.18 Å². The fourth-order valence-corrected chi connectivity index (χ4v) is 2.22. The Labute approximate surface area is 123 Å². The van der Waals surface area contributed by atoms with E-state index in [-0.39, 0.29) is 17.4 Å². The number of benzene rings is 2. The van der Waals surface area contributed by atoms with E-state index in [0.717, 1.165) is 5.69 Å². The number of primary amides is 1. The van der Waals surface area contributed by atoms with Crippen molar-refractivity contribution in [3.05, 3.63) is 59.4 Å². The average molecular weight is 287 g/mol. The van der Waals surface area contributed by atoms with Gasteiger partial charge >= 0.3 is 0 Å². The summed E-state index contributed by atoms with van der Waals surface area (Å²) >= 11 is 0. The van der Waals surface area contributed by atoms with Crippen LogP contribution < -0.4 is 16.4 Å². The molecule has 110 valence electrons. The Bertz CT molecular complexity index is 672. The summed E-state index contributed by atoms with van der Waals surface area (Å²) in [6, 6.07) is 11.4. The molecule has 0 spiro atoms. The number of rotatable bonds is 4. The fraction of sp³-hybridized carbons (Fsp3) is 0.188. The zero-order chi connectivity index (χ0) is 15.6. The molecule has 0 aromatic heterocycles. The summed E-state index contributed by atoms with van der Waals surface area (Å²) in [5, 5.41) is 0. The molecule has 4 N–H and O–H groups in total. The fourth-order valence-electron chi connectivity index (χ4n) is 2.22. The van der Waals surface area contributed by atoms with Gasteiger partial charge in [-0.1, -0.05) is 18.2 Å². The van der Waals surface area contributed by atoms with E-state index in [1.165, 1.54) is 6.07 Å². The van der Waals surface area contributed by atoms with Gasteiger partial charge in [0.05, 0.1) is 11.6 Å². The van der Waals surface area contributed by atoms with Crippen molar-refractivity contribution in [1.29, 1.82) is 0 Å². The van der Waals surface area contributed by atoms with Crippen LogP contribution in [0.2, 0.25) is 0 Å². The SMILES string of the molecule is CC(c1ccccc1F)N(C)c1ccc(N)c(C(N)=O)c1. The Morgan fingerprint density at radius 1 is 1.24 bits per heavy atom. The molecule has 0 saturated carbocycles. The topological polar surface area (TPSA) is 72.3 Å². The number of hydrogen-bond acceptors (Lipinski definition) is 3. The van der Waals surface area contributed by atoms with Crippen LogP contribution in [-0.2, 0) is 0 Å². The van der Waals surface area contributed by atoms with Crippen LogP contribution >= 0.6 is 0 Å². The van der Waals surface area contributed by atoms with Gasteiger partial charge in [-0.2, -0.15) is 0 Å². The molecule has 0 radical (unpaired) electrons. The van der Waals surface area contributed by atoms with Crippen molar-refractivity contribution in [3.8, 4) is 0 Å². The van der Waals surface area contributed by atoms with Crippen LogP contribution in [0.25, 0.3) is 0 Å². The van der Waals surface area contributed by atoms with E-state index in [0.29, 0.717) is 11.3 Å². The minimum absolute atomic E-state index is 0.199. The average Bonchev–Trinajstić information content (AvgIpc) is 2.46. The molecule has 0 saturated heterocycles. The van der Waals surface area contributed by atoms with E-state index in [2.05, 4.69) is 0 Å². The number of nitrogens with two attached hydrogens (primary N) is 2. The maximum atomic E-state index is 13.9. The van der Waals surface area contributed by atoms with Gasteiger partial charge in [0.15, 0.2) is 0 Å². The molecule has 0 fully saturated rings. The molecule has 0 bridgehead atoms. The predicted octanol–water partition coefficient (Wildman–Crippen LogP) is 2.70. The Morgan fingerprint density at radius 3 is 2.52 bits per heavy atom. The first kappa shape index (κ1) is 14.8. The molecule has 21 heavy (non-hydrogen) atoms. The van der Waals surface area contributed by atoms with Gasteiger partial charge in [-0.15, -0.1) is 0 Å². The molecule has 0 heterocycles. The molecule has 0 aliphatic rings. The first-order valence-corrected chi connectivity index (χ1v) is 6.58. The quantitative estimate of drug-likeness (QED) is 0.849. The maximum absolute atomic E-state index is 13.9. The molecular formula is C16H18FN3O. The Hall–Kier alpha value is -2.56. The number of amides is 1. The van der Waals surface area contributed by atoms with Gasteiger partial charge in [-0.25, -0.2) is 4.39 Å². The van der Waals surface area contributed by atoms with Crippen molar-refractivity contribution in [1.82, 2.24) is 0 Å². The highest BCUT2D eigenvalue weighted by atomic mass is 19.1. The highest BCUT2D eigenvalue weighted by molar-refractivity contribution is 5.99. The second kappa shape index (κ2) is 5.83. The van der Waals surface area contributed by atoms with E-state index < -0.39 is 5.91 Å². The summed E-state index contributed by atoms with van der Waals surface area (Å²) < 4.78 is 13.9. The van der Waals surface area contributed by atoms with Crippen molar-refractivity contribution in [3.63, 3.8) is 0 Å². The number of carbonyl (C=O) groups is 1. The third-order valence-electron chi connectivity index (χ3n) is 3.65. The van der Waals surface area contributed by atoms with Crippen LogP contribution in [0.15, 0.2) is 42.5 Å². The van der Waals surface area contributed by atoms with E-state index in [1.54, 1.807) is 36.4 Å². The summed E-state index contributed by atoms with van der Waals surface area (Å²) in [5.74, 6) is -0.844. The van der Waals surface area contributed by atoms with Gasteiger partial charge in [0.2, 0.25) is 0 Å². The highest BCUT2D eigenvalue weighted by Crippen LogP contribution is 2.28. The zero-order valence-corrected chi connectivity index (χ0v) is 12.0. The number of carbonyl (C=O) groups excluding carboxylic acids is 1. The molecule has 0 aliphatic heterocycles. The molecule has 2 aromatic carbocycles. The molecule has 1 atom stereocenters. The second-order valence-corrected chi connectivity index (χ2v) is 4.94. The van der Waals surface area contributed by atoms with Crippen LogP contribution in [0.4, 0.5) is 15.8 Å². The Kier molecular flexibility index (Phi) is 4.12. The summed E-state index contributed by atoms with van der Waals surface area (Å²) in [5.41, 5.74) is 12.9. The summed E-state index contributed by atoms with van der Waals surface area (Å²) in [7, 11) is 1.83. The summed E-state index contributed by atoms with van der Waals surface area (Å²) in [6.07, 6.45) is 0. The Balaban J connectivity index is 2.36. The number of hydrogen-bond donors (Lipinski definition) is 2. The molecule has 5 heteroatoms. The van der Waals surface area contributed by atoms with Crippen molar-refractivity contribution >= 4 is 17.3 Å². The standard InChI is InChI=1S/C16H18FN3O/c1-10(12-5-3-4-6-14(12)17)20(2)11-7-8-15(18)13(9-11)16(19)21/h3-10H,18H2,1-2H3,(H2,19,21). The molecule has 2 rings (SSSR count). The molecule has 4 nitrogen and oxygen atoms in total. The van der Waals surface area contributed by atoms with E-state index in [4.69, 9.17) is 11.5 Å². The smallest absolute Gasteiger partial charge is 0.250 e. The van der Waals surface area contributed by atoms with Crippen molar-refractivity contribution in [2.24, 2.45) is 5.73 Å². The van der Waals surface area contributed by atoms with Gasteiger partial charge in [0, 0.05) is 24.0 Å². The molecule has 2 aromatic rings. The predicted molar refractivity (Wildman–Crippen MR) is 82.6 cm³/mol. The van der Waals surface area contributed by atoms with Crippen molar-refractivity contribution in [2.75, 3.05) is 17.7 Å². The lowest BCUT2D eigenvalue weighted by molar-refractivity contribution is 0.100. The third kappa shape index (κ3) is 2.97. The van der Waals surface area contributed by atoms with Gasteiger partial charge in [0.25, 0.3) is 5.91 Å². The molecule has 0 aliphatic carbocycles. The minimum Gasteiger partial charge on any atom is -0.398 e. The maximum Gasteiger partial charge on any atom is 0.250 e.